The number of ether oxygens (including phenoxy) is 1. The van der Waals surface area contributed by atoms with Crippen LogP contribution in [0.25, 0.3) is 0 Å². The molecule has 1 aromatic rings. The third kappa shape index (κ3) is 2.88. The molecule has 0 spiro atoms. The number of nitrogens with zero attached hydrogens (tertiary/aromatic N) is 1. The molecule has 4 heteroatoms. The predicted molar refractivity (Wildman–Crippen MR) is 52.1 cm³/mol. The van der Waals surface area contributed by atoms with Crippen molar-refractivity contribution in [2.75, 3.05) is 7.11 Å². The molecule has 0 amide bonds. The SMILES string of the molecule is COC(=O)c1ccn(CC(C)(C)O)c1. The summed E-state index contributed by atoms with van der Waals surface area (Å²) in [6.45, 7) is 3.87. The van der Waals surface area contributed by atoms with E-state index < -0.39 is 5.60 Å². The zero-order chi connectivity index (χ0) is 10.8. The first kappa shape index (κ1) is 10.8. The van der Waals surface area contributed by atoms with Gasteiger partial charge in [-0.05, 0) is 19.9 Å². The summed E-state index contributed by atoms with van der Waals surface area (Å²) in [4.78, 5) is 11.1. The van der Waals surface area contributed by atoms with Gasteiger partial charge in [-0.2, -0.15) is 0 Å². The van der Waals surface area contributed by atoms with E-state index in [1.165, 1.54) is 7.11 Å². The lowest BCUT2D eigenvalue weighted by Gasteiger charge is -2.17. The molecule has 0 saturated carbocycles. The minimum Gasteiger partial charge on any atom is -0.465 e. The number of esters is 1. The Labute approximate surface area is 83.1 Å². The molecule has 14 heavy (non-hydrogen) atoms. The number of hydrogen-bond donors (Lipinski definition) is 1. The molecule has 1 heterocycles. The number of aliphatic hydroxyl groups is 1. The average Bonchev–Trinajstić information content (AvgIpc) is 2.48. The Hall–Kier alpha value is -1.29. The summed E-state index contributed by atoms with van der Waals surface area (Å²) in [6, 6.07) is 1.66. The highest BCUT2D eigenvalue weighted by atomic mass is 16.5. The van der Waals surface area contributed by atoms with Crippen LogP contribution in [-0.2, 0) is 11.3 Å². The van der Waals surface area contributed by atoms with E-state index in [4.69, 9.17) is 0 Å². The summed E-state index contributed by atoms with van der Waals surface area (Å²) < 4.78 is 6.32. The fourth-order valence-electron chi connectivity index (χ4n) is 1.22. The van der Waals surface area contributed by atoms with Crippen molar-refractivity contribution in [3.05, 3.63) is 24.0 Å². The molecule has 4 nitrogen and oxygen atoms in total. The van der Waals surface area contributed by atoms with Crippen molar-refractivity contribution in [2.24, 2.45) is 0 Å². The third-order valence-electron chi connectivity index (χ3n) is 1.74. The van der Waals surface area contributed by atoms with Crippen LogP contribution in [0.15, 0.2) is 18.5 Å². The Bertz CT molecular complexity index is 322. The maximum atomic E-state index is 11.1. The van der Waals surface area contributed by atoms with Crippen LogP contribution in [0.3, 0.4) is 0 Å². The summed E-state index contributed by atoms with van der Waals surface area (Å²) in [6.07, 6.45) is 3.40. The van der Waals surface area contributed by atoms with Crippen LogP contribution in [0.5, 0.6) is 0 Å². The van der Waals surface area contributed by atoms with Crippen molar-refractivity contribution in [2.45, 2.75) is 26.0 Å². The van der Waals surface area contributed by atoms with Crippen molar-refractivity contribution >= 4 is 5.97 Å². The summed E-state index contributed by atoms with van der Waals surface area (Å²) in [7, 11) is 1.34. The summed E-state index contributed by atoms with van der Waals surface area (Å²) >= 11 is 0. The highest BCUT2D eigenvalue weighted by molar-refractivity contribution is 5.89. The van der Waals surface area contributed by atoms with Crippen LogP contribution in [0, 0.1) is 0 Å². The number of methoxy groups -OCH3 is 1. The van der Waals surface area contributed by atoms with Crippen molar-refractivity contribution in [1.82, 2.24) is 4.57 Å². The van der Waals surface area contributed by atoms with Crippen molar-refractivity contribution in [3.63, 3.8) is 0 Å². The second-order valence-corrected chi connectivity index (χ2v) is 3.88. The number of rotatable bonds is 3. The minimum absolute atomic E-state index is 0.362. The second kappa shape index (κ2) is 3.84. The molecule has 0 unspecified atom stereocenters. The van der Waals surface area contributed by atoms with E-state index in [-0.39, 0.29) is 5.97 Å². The summed E-state index contributed by atoms with van der Waals surface area (Å²) in [5.74, 6) is -0.362. The molecule has 0 bridgehead atoms. The maximum absolute atomic E-state index is 11.1. The van der Waals surface area contributed by atoms with E-state index in [9.17, 15) is 9.90 Å². The van der Waals surface area contributed by atoms with E-state index in [1.54, 1.807) is 36.9 Å². The second-order valence-electron chi connectivity index (χ2n) is 3.88. The highest BCUT2D eigenvalue weighted by Gasteiger charge is 2.14. The fourth-order valence-corrected chi connectivity index (χ4v) is 1.22. The molecule has 1 N–H and O–H groups in total. The largest absolute Gasteiger partial charge is 0.465 e. The molecule has 0 saturated heterocycles. The summed E-state index contributed by atoms with van der Waals surface area (Å²) in [5.41, 5.74) is -0.288. The molecule has 0 radical (unpaired) electrons. The molecule has 0 aliphatic rings. The Morgan fingerprint density at radius 1 is 1.64 bits per heavy atom. The van der Waals surface area contributed by atoms with Gasteiger partial charge >= 0.3 is 5.97 Å². The predicted octanol–water partition coefficient (Wildman–Crippen LogP) is 1.05. The van der Waals surface area contributed by atoms with Gasteiger partial charge in [-0.3, -0.25) is 0 Å². The molecule has 78 valence electrons. The molecular formula is C10H15NO3. The monoisotopic (exact) mass is 197 g/mol. The Kier molecular flexibility index (Phi) is 2.96. The lowest BCUT2D eigenvalue weighted by Crippen LogP contribution is -2.25. The van der Waals surface area contributed by atoms with Gasteiger partial charge in [0.15, 0.2) is 0 Å². The van der Waals surface area contributed by atoms with E-state index in [1.807, 2.05) is 0 Å². The average molecular weight is 197 g/mol. The molecule has 1 rings (SSSR count). The topological polar surface area (TPSA) is 51.5 Å². The van der Waals surface area contributed by atoms with Gasteiger partial charge in [0.1, 0.15) is 0 Å². The van der Waals surface area contributed by atoms with Gasteiger partial charge in [-0.25, -0.2) is 4.79 Å². The lowest BCUT2D eigenvalue weighted by atomic mass is 10.1. The first-order chi connectivity index (χ1) is 6.42. The van der Waals surface area contributed by atoms with E-state index in [0.717, 1.165) is 0 Å². The normalized spacial score (nSPS) is 11.4. The van der Waals surface area contributed by atoms with Gasteiger partial charge in [0.25, 0.3) is 0 Å². The number of hydrogen-bond acceptors (Lipinski definition) is 3. The molecule has 0 aliphatic carbocycles. The molecule has 1 aromatic heterocycles. The summed E-state index contributed by atoms with van der Waals surface area (Å²) in [5, 5.41) is 9.54. The lowest BCUT2D eigenvalue weighted by molar-refractivity contribution is 0.0582. The number of carbonyl (C=O) groups is 1. The fraction of sp³-hybridized carbons (Fsp3) is 0.500. The van der Waals surface area contributed by atoms with Crippen molar-refractivity contribution < 1.29 is 14.6 Å². The molecular weight excluding hydrogens is 182 g/mol. The van der Waals surface area contributed by atoms with E-state index >= 15 is 0 Å². The standard InChI is InChI=1S/C10H15NO3/c1-10(2,13)7-11-5-4-8(6-11)9(12)14-3/h4-6,13H,7H2,1-3H3. The Morgan fingerprint density at radius 3 is 2.79 bits per heavy atom. The zero-order valence-electron chi connectivity index (χ0n) is 8.65. The van der Waals surface area contributed by atoms with Crippen LogP contribution >= 0.6 is 0 Å². The van der Waals surface area contributed by atoms with Crippen LogP contribution in [0.4, 0.5) is 0 Å². The quantitative estimate of drug-likeness (QED) is 0.737. The first-order valence-electron chi connectivity index (χ1n) is 4.39. The van der Waals surface area contributed by atoms with E-state index in [2.05, 4.69) is 4.74 Å². The maximum Gasteiger partial charge on any atom is 0.339 e. The van der Waals surface area contributed by atoms with Gasteiger partial charge in [0.2, 0.25) is 0 Å². The van der Waals surface area contributed by atoms with E-state index in [0.29, 0.717) is 12.1 Å². The minimum atomic E-state index is -0.785. The van der Waals surface area contributed by atoms with Crippen molar-refractivity contribution in [3.8, 4) is 0 Å². The molecule has 0 aromatic carbocycles. The molecule has 0 atom stereocenters. The highest BCUT2D eigenvalue weighted by Crippen LogP contribution is 2.09. The first-order valence-corrected chi connectivity index (χ1v) is 4.39. The third-order valence-corrected chi connectivity index (χ3v) is 1.74. The Morgan fingerprint density at radius 2 is 2.29 bits per heavy atom. The van der Waals surface area contributed by atoms with Crippen LogP contribution in [-0.4, -0.2) is 28.4 Å². The number of carbonyl (C=O) groups excluding carboxylic acids is 1. The van der Waals surface area contributed by atoms with Crippen LogP contribution in [0.1, 0.15) is 24.2 Å². The van der Waals surface area contributed by atoms with Gasteiger partial charge in [-0.1, -0.05) is 0 Å². The van der Waals surface area contributed by atoms with Gasteiger partial charge < -0.3 is 14.4 Å². The van der Waals surface area contributed by atoms with Gasteiger partial charge in [-0.15, -0.1) is 0 Å². The van der Waals surface area contributed by atoms with Gasteiger partial charge in [0, 0.05) is 12.4 Å². The number of aromatic nitrogens is 1. The van der Waals surface area contributed by atoms with Crippen LogP contribution < -0.4 is 0 Å². The Balaban J connectivity index is 2.74. The molecule has 0 fully saturated rings. The van der Waals surface area contributed by atoms with Crippen LogP contribution in [0.2, 0.25) is 0 Å². The molecule has 0 aliphatic heterocycles. The van der Waals surface area contributed by atoms with Crippen molar-refractivity contribution in [1.29, 1.82) is 0 Å². The van der Waals surface area contributed by atoms with Gasteiger partial charge in [0.05, 0.1) is 24.8 Å². The smallest absolute Gasteiger partial charge is 0.339 e. The zero-order valence-corrected chi connectivity index (χ0v) is 8.65.